The Bertz CT molecular complexity index is 740. The Balaban J connectivity index is 1.44. The first kappa shape index (κ1) is 21.9. The Morgan fingerprint density at radius 3 is 2.23 bits per heavy atom. The predicted octanol–water partition coefficient (Wildman–Crippen LogP) is 2.60. The van der Waals surface area contributed by atoms with Gasteiger partial charge in [0, 0.05) is 37.9 Å². The van der Waals surface area contributed by atoms with E-state index in [1.54, 1.807) is 18.0 Å². The number of anilines is 1. The molecule has 164 valence electrons. The summed E-state index contributed by atoms with van der Waals surface area (Å²) in [6, 6.07) is 7.44. The second kappa shape index (κ2) is 10.8. The molecule has 2 fully saturated rings. The van der Waals surface area contributed by atoms with Crippen LogP contribution in [0.25, 0.3) is 0 Å². The molecule has 0 unspecified atom stereocenters. The van der Waals surface area contributed by atoms with Crippen molar-refractivity contribution in [1.82, 2.24) is 20.9 Å². The smallest absolute Gasteiger partial charge is 0.321 e. The number of hydrogen-bond acceptors (Lipinski definition) is 3. The number of amides is 5. The van der Waals surface area contributed by atoms with Crippen molar-refractivity contribution >= 4 is 23.7 Å². The molecule has 1 aliphatic heterocycles. The largest absolute Gasteiger partial charge is 0.359 e. The summed E-state index contributed by atoms with van der Waals surface area (Å²) in [7, 11) is 1.59. The molecular formula is C22H33N5O3. The fraction of sp³-hybridized carbons (Fsp3) is 0.591. The minimum Gasteiger partial charge on any atom is -0.359 e. The zero-order valence-corrected chi connectivity index (χ0v) is 17.7. The molecule has 0 atom stereocenters. The summed E-state index contributed by atoms with van der Waals surface area (Å²) < 4.78 is 0. The Morgan fingerprint density at radius 1 is 0.933 bits per heavy atom. The molecule has 2 aliphatic rings. The number of rotatable bonds is 5. The van der Waals surface area contributed by atoms with Crippen LogP contribution in [0.2, 0.25) is 0 Å². The maximum absolute atomic E-state index is 12.7. The van der Waals surface area contributed by atoms with Crippen LogP contribution in [0.15, 0.2) is 24.3 Å². The van der Waals surface area contributed by atoms with Gasteiger partial charge in [-0.1, -0.05) is 37.5 Å². The average Bonchev–Trinajstić information content (AvgIpc) is 2.76. The van der Waals surface area contributed by atoms with Gasteiger partial charge < -0.3 is 26.2 Å². The Kier molecular flexibility index (Phi) is 7.93. The zero-order chi connectivity index (χ0) is 21.3. The third-order valence-corrected chi connectivity index (χ3v) is 5.95. The van der Waals surface area contributed by atoms with Gasteiger partial charge in [-0.3, -0.25) is 4.79 Å². The average molecular weight is 416 g/mol. The number of carbonyl (C=O) groups excluding carboxylic acids is 3. The van der Waals surface area contributed by atoms with Gasteiger partial charge in [0.05, 0.1) is 6.42 Å². The normalized spacial score (nSPS) is 17.8. The van der Waals surface area contributed by atoms with E-state index in [4.69, 9.17) is 0 Å². The monoisotopic (exact) mass is 415 g/mol. The maximum atomic E-state index is 12.7. The molecule has 1 heterocycles. The van der Waals surface area contributed by atoms with Gasteiger partial charge in [-0.25, -0.2) is 9.59 Å². The number of hydrogen-bond donors (Lipinski definition) is 4. The molecule has 8 heteroatoms. The molecule has 1 aromatic carbocycles. The highest BCUT2D eigenvalue weighted by molar-refractivity contribution is 5.91. The minimum atomic E-state index is -0.176. The number of nitrogens with one attached hydrogen (secondary N) is 4. The first-order valence-electron chi connectivity index (χ1n) is 11.0. The second-order valence-corrected chi connectivity index (χ2v) is 8.15. The lowest BCUT2D eigenvalue weighted by molar-refractivity contribution is -0.119. The maximum Gasteiger partial charge on any atom is 0.321 e. The van der Waals surface area contributed by atoms with Crippen LogP contribution < -0.4 is 21.3 Å². The molecular weight excluding hydrogens is 382 g/mol. The van der Waals surface area contributed by atoms with Crippen LogP contribution in [0.4, 0.5) is 15.3 Å². The molecule has 4 N–H and O–H groups in total. The first-order chi connectivity index (χ1) is 14.5. The van der Waals surface area contributed by atoms with Gasteiger partial charge in [0.2, 0.25) is 5.91 Å². The lowest BCUT2D eigenvalue weighted by Crippen LogP contribution is -2.51. The molecule has 0 aromatic heterocycles. The number of para-hydroxylation sites is 1. The second-order valence-electron chi connectivity index (χ2n) is 8.15. The molecule has 0 spiro atoms. The van der Waals surface area contributed by atoms with Crippen molar-refractivity contribution in [1.29, 1.82) is 0 Å². The summed E-state index contributed by atoms with van der Waals surface area (Å²) in [5.41, 5.74) is 1.43. The van der Waals surface area contributed by atoms with Crippen molar-refractivity contribution in [3.63, 3.8) is 0 Å². The topological polar surface area (TPSA) is 103 Å². The van der Waals surface area contributed by atoms with E-state index in [0.717, 1.165) is 31.2 Å². The summed E-state index contributed by atoms with van der Waals surface area (Å²) in [6.07, 6.45) is 7.43. The van der Waals surface area contributed by atoms with Gasteiger partial charge in [-0.15, -0.1) is 0 Å². The van der Waals surface area contributed by atoms with Gasteiger partial charge in [0.15, 0.2) is 0 Å². The Hall–Kier alpha value is -2.77. The van der Waals surface area contributed by atoms with E-state index < -0.39 is 0 Å². The fourth-order valence-corrected chi connectivity index (χ4v) is 4.14. The van der Waals surface area contributed by atoms with Crippen molar-refractivity contribution in [2.75, 3.05) is 25.5 Å². The quantitative estimate of drug-likeness (QED) is 0.594. The van der Waals surface area contributed by atoms with Crippen LogP contribution in [0, 0.1) is 0 Å². The first-order valence-corrected chi connectivity index (χ1v) is 11.0. The van der Waals surface area contributed by atoms with Crippen LogP contribution >= 0.6 is 0 Å². The number of urea groups is 2. The number of benzene rings is 1. The zero-order valence-electron chi connectivity index (χ0n) is 17.7. The van der Waals surface area contributed by atoms with Gasteiger partial charge in [0.25, 0.3) is 0 Å². The van der Waals surface area contributed by atoms with E-state index in [-0.39, 0.29) is 30.4 Å². The van der Waals surface area contributed by atoms with Gasteiger partial charge >= 0.3 is 12.1 Å². The molecule has 5 amide bonds. The van der Waals surface area contributed by atoms with Gasteiger partial charge in [0.1, 0.15) is 0 Å². The number of carbonyl (C=O) groups is 3. The van der Waals surface area contributed by atoms with Crippen molar-refractivity contribution in [3.8, 4) is 0 Å². The Morgan fingerprint density at radius 2 is 1.57 bits per heavy atom. The van der Waals surface area contributed by atoms with Crippen molar-refractivity contribution < 1.29 is 14.4 Å². The fourth-order valence-electron chi connectivity index (χ4n) is 4.14. The third kappa shape index (κ3) is 6.37. The van der Waals surface area contributed by atoms with E-state index >= 15 is 0 Å². The van der Waals surface area contributed by atoms with Gasteiger partial charge in [-0.2, -0.15) is 0 Å². The molecule has 1 saturated carbocycles. The molecule has 0 bridgehead atoms. The number of likely N-dealkylation sites (N-methyl/N-ethyl adjacent to an activating group) is 1. The third-order valence-electron chi connectivity index (χ3n) is 5.95. The van der Waals surface area contributed by atoms with Crippen molar-refractivity contribution in [2.24, 2.45) is 0 Å². The summed E-state index contributed by atoms with van der Waals surface area (Å²) in [5, 5.41) is 11.7. The Labute approximate surface area is 178 Å². The lowest BCUT2D eigenvalue weighted by atomic mass is 9.96. The summed E-state index contributed by atoms with van der Waals surface area (Å²) in [4.78, 5) is 38.4. The van der Waals surface area contributed by atoms with E-state index in [9.17, 15) is 14.4 Å². The van der Waals surface area contributed by atoms with E-state index in [1.807, 2.05) is 18.2 Å². The van der Waals surface area contributed by atoms with Crippen LogP contribution in [0.5, 0.6) is 0 Å². The molecule has 0 radical (unpaired) electrons. The van der Waals surface area contributed by atoms with Crippen molar-refractivity contribution in [3.05, 3.63) is 29.8 Å². The SMILES string of the molecule is CNC(=O)Cc1ccccc1NC(=O)N1CCC(NC(=O)NC2CCCCC2)CC1. The molecule has 1 aliphatic carbocycles. The predicted molar refractivity (Wildman–Crippen MR) is 116 cm³/mol. The summed E-state index contributed by atoms with van der Waals surface area (Å²) in [5.74, 6) is -0.102. The number of piperidine rings is 1. The number of nitrogens with zero attached hydrogens (tertiary/aromatic N) is 1. The van der Waals surface area contributed by atoms with Gasteiger partial charge in [-0.05, 0) is 37.3 Å². The summed E-state index contributed by atoms with van der Waals surface area (Å²) >= 11 is 0. The molecule has 1 saturated heterocycles. The lowest BCUT2D eigenvalue weighted by Gasteiger charge is -2.33. The highest BCUT2D eigenvalue weighted by atomic mass is 16.2. The minimum absolute atomic E-state index is 0.0816. The molecule has 30 heavy (non-hydrogen) atoms. The van der Waals surface area contributed by atoms with Crippen LogP contribution in [-0.4, -0.2) is 55.1 Å². The van der Waals surface area contributed by atoms with Crippen molar-refractivity contribution in [2.45, 2.75) is 63.5 Å². The number of likely N-dealkylation sites (tertiary alicyclic amines) is 1. The molecule has 3 rings (SSSR count). The standard InChI is InChI=1S/C22H33N5O3/c1-23-20(28)15-16-7-5-6-10-19(16)26-22(30)27-13-11-18(12-14-27)25-21(29)24-17-8-3-2-4-9-17/h5-7,10,17-18H,2-4,8-9,11-15H2,1H3,(H,23,28)(H,26,30)(H2,24,25,29). The molecule has 1 aromatic rings. The van der Waals surface area contributed by atoms with Crippen LogP contribution in [0.3, 0.4) is 0 Å². The van der Waals surface area contributed by atoms with E-state index in [0.29, 0.717) is 24.8 Å². The van der Waals surface area contributed by atoms with Crippen LogP contribution in [0.1, 0.15) is 50.5 Å². The van der Waals surface area contributed by atoms with Crippen LogP contribution in [-0.2, 0) is 11.2 Å². The van der Waals surface area contributed by atoms with E-state index in [1.165, 1.54) is 19.3 Å². The van der Waals surface area contributed by atoms with E-state index in [2.05, 4.69) is 21.3 Å². The summed E-state index contributed by atoms with van der Waals surface area (Å²) in [6.45, 7) is 1.16. The highest BCUT2D eigenvalue weighted by Gasteiger charge is 2.25. The molecule has 8 nitrogen and oxygen atoms in total. The highest BCUT2D eigenvalue weighted by Crippen LogP contribution is 2.19.